The Labute approximate surface area is 206 Å². The summed E-state index contributed by atoms with van der Waals surface area (Å²) in [6, 6.07) is 18.7. The van der Waals surface area contributed by atoms with Crippen molar-refractivity contribution in [1.29, 1.82) is 0 Å². The van der Waals surface area contributed by atoms with Crippen LogP contribution >= 0.6 is 15.9 Å². The predicted octanol–water partition coefficient (Wildman–Crippen LogP) is 6.07. The molecule has 0 saturated heterocycles. The molecule has 0 aliphatic carbocycles. The lowest BCUT2D eigenvalue weighted by Gasteiger charge is -2.11. The van der Waals surface area contributed by atoms with Crippen LogP contribution in [0.1, 0.15) is 21.5 Å². The second-order valence-electron chi connectivity index (χ2n) is 7.44. The van der Waals surface area contributed by atoms with Crippen LogP contribution in [0.4, 0.5) is 18.9 Å². The van der Waals surface area contributed by atoms with Gasteiger partial charge in [-0.05, 0) is 69.5 Å². The molecule has 4 rings (SSSR count). The van der Waals surface area contributed by atoms with Gasteiger partial charge >= 0.3 is 12.1 Å². The highest BCUT2D eigenvalue weighted by Gasteiger charge is 2.46. The van der Waals surface area contributed by atoms with Crippen LogP contribution in [-0.4, -0.2) is 28.9 Å². The van der Waals surface area contributed by atoms with Crippen molar-refractivity contribution < 1.29 is 32.6 Å². The topological polar surface area (TPSA) is 79.2 Å². The second-order valence-corrected chi connectivity index (χ2v) is 8.29. The maximum Gasteiger partial charge on any atom is 0.435 e. The maximum atomic E-state index is 13.6. The van der Waals surface area contributed by atoms with Crippen LogP contribution in [0.3, 0.4) is 0 Å². The summed E-state index contributed by atoms with van der Waals surface area (Å²) < 4.78 is 47.1. The van der Waals surface area contributed by atoms with E-state index < -0.39 is 29.3 Å². The monoisotopic (exact) mass is 544 g/mol. The Morgan fingerprint density at radius 1 is 1.06 bits per heavy atom. The molecule has 1 heterocycles. The minimum atomic E-state index is -4.82. The Morgan fingerprint density at radius 3 is 2.34 bits per heavy atom. The Kier molecular flexibility index (Phi) is 6.74. The summed E-state index contributed by atoms with van der Waals surface area (Å²) in [5.74, 6) is -1.50. The molecule has 0 unspecified atom stereocenters. The molecule has 0 saturated carbocycles. The molecule has 0 aromatic heterocycles. The van der Waals surface area contributed by atoms with Crippen LogP contribution < -0.4 is 9.75 Å². The number of carboxylic acids is 1. The van der Waals surface area contributed by atoms with Crippen molar-refractivity contribution in [3.63, 3.8) is 0 Å². The van der Waals surface area contributed by atoms with E-state index in [4.69, 9.17) is 9.84 Å². The summed E-state index contributed by atoms with van der Waals surface area (Å²) in [5, 5.41) is 13.2. The van der Waals surface area contributed by atoms with E-state index in [0.717, 1.165) is 16.6 Å². The minimum absolute atomic E-state index is 0.147. The lowest BCUT2D eigenvalue weighted by Crippen LogP contribution is -2.25. The third-order valence-corrected chi connectivity index (χ3v) is 5.63. The third kappa shape index (κ3) is 5.43. The number of rotatable bonds is 6. The first-order valence-corrected chi connectivity index (χ1v) is 10.9. The minimum Gasteiger partial charge on any atom is -0.488 e. The molecule has 3 aromatic carbocycles. The summed E-state index contributed by atoms with van der Waals surface area (Å²) in [7, 11) is 0. The van der Waals surface area contributed by atoms with E-state index in [-0.39, 0.29) is 17.9 Å². The van der Waals surface area contributed by atoms with E-state index in [1.807, 2.05) is 0 Å². The number of alkyl halides is 3. The molecule has 0 spiro atoms. The van der Waals surface area contributed by atoms with Crippen molar-refractivity contribution in [2.45, 2.75) is 12.8 Å². The Bertz CT molecular complexity index is 1340. The molecule has 3 aromatic rings. The summed E-state index contributed by atoms with van der Waals surface area (Å²) in [6.07, 6.45) is -3.68. The van der Waals surface area contributed by atoms with Crippen molar-refractivity contribution in [1.82, 2.24) is 0 Å². The zero-order valence-electron chi connectivity index (χ0n) is 17.8. The number of carboxylic acid groups (broad SMARTS) is 1. The van der Waals surface area contributed by atoms with E-state index in [9.17, 15) is 22.8 Å². The number of benzene rings is 3. The van der Waals surface area contributed by atoms with Gasteiger partial charge in [-0.25, -0.2) is 4.79 Å². The number of halogens is 4. The number of carbonyl (C=O) groups is 2. The molecule has 6 nitrogen and oxygen atoms in total. The van der Waals surface area contributed by atoms with E-state index in [1.54, 1.807) is 36.4 Å². The number of hydrogen-bond acceptors (Lipinski definition) is 4. The number of hydrogen-bond donors (Lipinski definition) is 1. The highest BCUT2D eigenvalue weighted by atomic mass is 79.9. The van der Waals surface area contributed by atoms with Crippen molar-refractivity contribution in [3.05, 3.63) is 99.5 Å². The number of anilines is 1. The fraction of sp³-hybridized carbons (Fsp3) is 0.0800. The van der Waals surface area contributed by atoms with Gasteiger partial charge in [0, 0.05) is 0 Å². The quantitative estimate of drug-likeness (QED) is 0.382. The van der Waals surface area contributed by atoms with Gasteiger partial charge in [0.25, 0.3) is 5.91 Å². The molecule has 0 bridgehead atoms. The van der Waals surface area contributed by atoms with Gasteiger partial charge in [0.15, 0.2) is 5.71 Å². The predicted molar refractivity (Wildman–Crippen MR) is 127 cm³/mol. The highest BCUT2D eigenvalue weighted by Crippen LogP contribution is 2.34. The lowest BCUT2D eigenvalue weighted by atomic mass is 10.1. The van der Waals surface area contributed by atoms with Crippen LogP contribution in [0.15, 0.2) is 87.9 Å². The number of carbonyl (C=O) groups excluding carboxylic acids is 1. The van der Waals surface area contributed by atoms with Crippen LogP contribution in [0.2, 0.25) is 0 Å². The van der Waals surface area contributed by atoms with Crippen LogP contribution in [0.5, 0.6) is 5.75 Å². The molecule has 0 fully saturated rings. The van der Waals surface area contributed by atoms with Crippen molar-refractivity contribution in [2.24, 2.45) is 5.10 Å². The first kappa shape index (κ1) is 24.2. The molecule has 0 atom stereocenters. The lowest BCUT2D eigenvalue weighted by molar-refractivity contribution is -0.114. The fourth-order valence-corrected chi connectivity index (χ4v) is 3.80. The largest absolute Gasteiger partial charge is 0.488 e. The molecule has 0 radical (unpaired) electrons. The number of hydrazone groups is 1. The number of aromatic carboxylic acids is 1. The molecule has 178 valence electrons. The van der Waals surface area contributed by atoms with Crippen molar-refractivity contribution >= 4 is 45.3 Å². The Balaban J connectivity index is 1.55. The summed E-state index contributed by atoms with van der Waals surface area (Å²) in [6.45, 7) is 0.147. The first-order chi connectivity index (χ1) is 16.6. The van der Waals surface area contributed by atoms with Crippen LogP contribution in [0.25, 0.3) is 6.08 Å². The summed E-state index contributed by atoms with van der Waals surface area (Å²) in [5.41, 5.74) is -0.389. The van der Waals surface area contributed by atoms with E-state index in [2.05, 4.69) is 21.0 Å². The molecule has 35 heavy (non-hydrogen) atoms. The van der Waals surface area contributed by atoms with Crippen LogP contribution in [0, 0.1) is 0 Å². The van der Waals surface area contributed by atoms with Crippen molar-refractivity contribution in [3.8, 4) is 5.75 Å². The Morgan fingerprint density at radius 2 is 1.74 bits per heavy atom. The van der Waals surface area contributed by atoms with Gasteiger partial charge in [0.2, 0.25) is 0 Å². The molecular formula is C25H16BrF3N2O4. The smallest absolute Gasteiger partial charge is 0.435 e. The molecular weight excluding hydrogens is 529 g/mol. The summed E-state index contributed by atoms with van der Waals surface area (Å²) in [4.78, 5) is 23.8. The van der Waals surface area contributed by atoms with Gasteiger partial charge in [-0.1, -0.05) is 36.4 Å². The average Bonchev–Trinajstić information content (AvgIpc) is 3.16. The Hall–Kier alpha value is -3.92. The van der Waals surface area contributed by atoms with Crippen molar-refractivity contribution in [2.75, 3.05) is 5.01 Å². The molecule has 10 heteroatoms. The SMILES string of the molecule is O=C(O)c1ccc(COc2ccc(/C=C3\C(=O)N(c4ccccc4)N=C3C(F)(F)F)cc2Br)cc1. The fourth-order valence-electron chi connectivity index (χ4n) is 3.29. The van der Waals surface area contributed by atoms with Gasteiger partial charge < -0.3 is 9.84 Å². The van der Waals surface area contributed by atoms with Gasteiger partial charge in [0.1, 0.15) is 12.4 Å². The standard InChI is InChI=1S/C25H16BrF3N2O4/c26-20-13-16(8-11-21(20)35-14-15-6-9-17(10-7-15)24(33)34)12-19-22(25(27,28)29)30-31(23(19)32)18-4-2-1-3-5-18/h1-13H,14H2,(H,33,34)/b19-12-. The highest BCUT2D eigenvalue weighted by molar-refractivity contribution is 9.10. The van der Waals surface area contributed by atoms with E-state index >= 15 is 0 Å². The second kappa shape index (κ2) is 9.75. The number of ether oxygens (including phenoxy) is 1. The zero-order chi connectivity index (χ0) is 25.2. The molecule has 1 aliphatic heterocycles. The van der Waals surface area contributed by atoms with Gasteiger partial charge in [-0.15, -0.1) is 0 Å². The van der Waals surface area contributed by atoms with Gasteiger partial charge in [-0.2, -0.15) is 23.3 Å². The first-order valence-electron chi connectivity index (χ1n) is 10.2. The third-order valence-electron chi connectivity index (χ3n) is 5.01. The summed E-state index contributed by atoms with van der Waals surface area (Å²) >= 11 is 3.34. The maximum absolute atomic E-state index is 13.6. The average molecular weight is 545 g/mol. The normalized spacial score (nSPS) is 14.9. The van der Waals surface area contributed by atoms with E-state index in [1.165, 1.54) is 36.4 Å². The van der Waals surface area contributed by atoms with Gasteiger partial charge in [-0.3, -0.25) is 4.79 Å². The molecule has 1 N–H and O–H groups in total. The molecule has 1 amide bonds. The number of nitrogens with zero attached hydrogens (tertiary/aromatic N) is 2. The number of amides is 1. The van der Waals surface area contributed by atoms with Gasteiger partial charge in [0.05, 0.1) is 21.3 Å². The van der Waals surface area contributed by atoms with E-state index in [0.29, 0.717) is 15.8 Å². The van der Waals surface area contributed by atoms with Crippen LogP contribution in [-0.2, 0) is 11.4 Å². The molecule has 1 aliphatic rings. The zero-order valence-corrected chi connectivity index (χ0v) is 19.4. The number of para-hydroxylation sites is 1.